The number of anilines is 2. The van der Waals surface area contributed by atoms with E-state index in [1.54, 1.807) is 18.6 Å². The van der Waals surface area contributed by atoms with Gasteiger partial charge in [0.25, 0.3) is 0 Å². The summed E-state index contributed by atoms with van der Waals surface area (Å²) in [5, 5.41) is 12.4. The maximum atomic E-state index is 5.63. The molecule has 4 heterocycles. The lowest BCUT2D eigenvalue weighted by Gasteiger charge is -2.15. The van der Waals surface area contributed by atoms with Crippen LogP contribution in [0.2, 0.25) is 0 Å². The number of H-pyrrole nitrogens is 1. The van der Waals surface area contributed by atoms with E-state index in [2.05, 4.69) is 46.8 Å². The van der Waals surface area contributed by atoms with Gasteiger partial charge in [-0.05, 0) is 24.8 Å². The van der Waals surface area contributed by atoms with Crippen molar-refractivity contribution in [3.05, 3.63) is 36.7 Å². The van der Waals surface area contributed by atoms with Crippen molar-refractivity contribution < 1.29 is 0 Å². The molecule has 0 saturated heterocycles. The molecule has 0 amide bonds. The summed E-state index contributed by atoms with van der Waals surface area (Å²) >= 11 is 0. The Morgan fingerprint density at radius 1 is 1.19 bits per heavy atom. The summed E-state index contributed by atoms with van der Waals surface area (Å²) in [6.45, 7) is 2.24. The molecule has 3 atom stereocenters. The number of rotatable bonds is 4. The van der Waals surface area contributed by atoms with Crippen LogP contribution in [-0.2, 0) is 0 Å². The van der Waals surface area contributed by atoms with Gasteiger partial charge in [-0.1, -0.05) is 13.3 Å². The number of nitrogens with two attached hydrogens (primary N) is 1. The molecule has 0 radical (unpaired) electrons. The van der Waals surface area contributed by atoms with E-state index in [1.165, 1.54) is 0 Å². The van der Waals surface area contributed by atoms with E-state index in [0.717, 1.165) is 47.7 Å². The van der Waals surface area contributed by atoms with Gasteiger partial charge < -0.3 is 16.0 Å². The number of nitrogens with zero attached hydrogens (tertiary/aromatic N) is 6. The molecule has 27 heavy (non-hydrogen) atoms. The first-order valence-corrected chi connectivity index (χ1v) is 9.24. The third-order valence-corrected chi connectivity index (χ3v) is 5.54. The van der Waals surface area contributed by atoms with Crippen molar-refractivity contribution in [1.29, 1.82) is 0 Å². The summed E-state index contributed by atoms with van der Waals surface area (Å²) in [5.41, 5.74) is 8.28. The number of aromatic nitrogens is 7. The summed E-state index contributed by atoms with van der Waals surface area (Å²) < 4.78 is 2.14. The third kappa shape index (κ3) is 2.66. The van der Waals surface area contributed by atoms with Crippen LogP contribution in [0.15, 0.2) is 30.9 Å². The number of nitrogen functional groups attached to an aromatic ring is 1. The topological polar surface area (TPSA) is 123 Å². The number of hydrogen-bond acceptors (Lipinski definition) is 7. The predicted molar refractivity (Wildman–Crippen MR) is 102 cm³/mol. The Morgan fingerprint density at radius 2 is 2.11 bits per heavy atom. The van der Waals surface area contributed by atoms with Gasteiger partial charge in [0.2, 0.25) is 0 Å². The standard InChI is InChI=1S/C18H21N9/c1-2-10-5-11(24-15-8-21-14(19)7-22-15)6-12(10)18-26-25-16-9-23-17-13(27(16)18)3-4-20-17/h3-4,7-12,20H,2,5-6H2,1H3,(H2,19,21)(H,22,24)/t10-,11+,12?/m1/s1. The molecule has 138 valence electrons. The average Bonchev–Trinajstić information content (AvgIpc) is 3.39. The van der Waals surface area contributed by atoms with E-state index < -0.39 is 0 Å². The van der Waals surface area contributed by atoms with Crippen molar-refractivity contribution in [3.8, 4) is 0 Å². The SMILES string of the molecule is CC[C@@H]1C[C@H](Nc2cnc(N)cn2)CC1c1nnc2cnc3[nH]ccc3n12. The zero-order chi connectivity index (χ0) is 18.4. The van der Waals surface area contributed by atoms with E-state index in [9.17, 15) is 0 Å². The van der Waals surface area contributed by atoms with Crippen molar-refractivity contribution in [2.75, 3.05) is 11.1 Å². The van der Waals surface area contributed by atoms with Gasteiger partial charge in [0.05, 0.1) is 24.1 Å². The molecule has 1 aliphatic rings. The molecule has 4 aromatic heterocycles. The molecule has 1 fully saturated rings. The quantitative estimate of drug-likeness (QED) is 0.508. The Balaban J connectivity index is 1.48. The van der Waals surface area contributed by atoms with Gasteiger partial charge in [0, 0.05) is 18.2 Å². The maximum absolute atomic E-state index is 5.63. The van der Waals surface area contributed by atoms with Gasteiger partial charge in [0.1, 0.15) is 17.5 Å². The van der Waals surface area contributed by atoms with E-state index in [-0.39, 0.29) is 0 Å². The summed E-state index contributed by atoms with van der Waals surface area (Å²) in [4.78, 5) is 16.0. The van der Waals surface area contributed by atoms with E-state index in [1.807, 2.05) is 12.3 Å². The van der Waals surface area contributed by atoms with Gasteiger partial charge >= 0.3 is 0 Å². The van der Waals surface area contributed by atoms with Crippen molar-refractivity contribution >= 4 is 28.4 Å². The number of nitrogens with one attached hydrogen (secondary N) is 2. The highest BCUT2D eigenvalue weighted by atomic mass is 15.3. The van der Waals surface area contributed by atoms with Crippen LogP contribution >= 0.6 is 0 Å². The van der Waals surface area contributed by atoms with Crippen molar-refractivity contribution in [2.45, 2.75) is 38.1 Å². The molecule has 4 N–H and O–H groups in total. The summed E-state index contributed by atoms with van der Waals surface area (Å²) in [5.74, 6) is 3.04. The molecule has 1 aliphatic carbocycles. The molecule has 0 bridgehead atoms. The minimum atomic E-state index is 0.314. The molecular formula is C18H21N9. The Bertz CT molecular complexity index is 1080. The Labute approximate surface area is 155 Å². The normalized spacial score (nSPS) is 22.6. The van der Waals surface area contributed by atoms with Crippen molar-refractivity contribution in [2.24, 2.45) is 5.92 Å². The Morgan fingerprint density at radius 3 is 2.93 bits per heavy atom. The van der Waals surface area contributed by atoms with Gasteiger partial charge in [-0.2, -0.15) is 0 Å². The van der Waals surface area contributed by atoms with Crippen LogP contribution in [-0.4, -0.2) is 40.6 Å². The highest BCUT2D eigenvalue weighted by Crippen LogP contribution is 2.42. The fourth-order valence-corrected chi connectivity index (χ4v) is 4.27. The lowest BCUT2D eigenvalue weighted by molar-refractivity contribution is 0.451. The summed E-state index contributed by atoms with van der Waals surface area (Å²) in [6.07, 6.45) is 10.1. The number of fused-ring (bicyclic) bond motifs is 3. The fourth-order valence-electron chi connectivity index (χ4n) is 4.27. The first kappa shape index (κ1) is 16.0. The molecular weight excluding hydrogens is 342 g/mol. The smallest absolute Gasteiger partial charge is 0.179 e. The molecule has 5 rings (SSSR count). The molecule has 1 unspecified atom stereocenters. The summed E-state index contributed by atoms with van der Waals surface area (Å²) in [7, 11) is 0. The minimum Gasteiger partial charge on any atom is -0.382 e. The van der Waals surface area contributed by atoms with E-state index in [0.29, 0.717) is 23.7 Å². The first-order chi connectivity index (χ1) is 13.2. The van der Waals surface area contributed by atoms with Gasteiger partial charge in [-0.25, -0.2) is 15.0 Å². The fraction of sp³-hybridized carbons (Fsp3) is 0.389. The molecule has 4 aromatic rings. The molecule has 9 nitrogen and oxygen atoms in total. The van der Waals surface area contributed by atoms with Crippen LogP contribution in [0.25, 0.3) is 16.8 Å². The monoisotopic (exact) mass is 363 g/mol. The van der Waals surface area contributed by atoms with Crippen LogP contribution in [0, 0.1) is 5.92 Å². The van der Waals surface area contributed by atoms with E-state index in [4.69, 9.17) is 5.73 Å². The zero-order valence-electron chi connectivity index (χ0n) is 15.0. The average molecular weight is 363 g/mol. The van der Waals surface area contributed by atoms with Crippen LogP contribution in [0.1, 0.15) is 37.9 Å². The van der Waals surface area contributed by atoms with Crippen LogP contribution in [0.4, 0.5) is 11.6 Å². The molecule has 0 aromatic carbocycles. The first-order valence-electron chi connectivity index (χ1n) is 9.24. The highest BCUT2D eigenvalue weighted by Gasteiger charge is 2.37. The van der Waals surface area contributed by atoms with Crippen LogP contribution in [0.5, 0.6) is 0 Å². The predicted octanol–water partition coefficient (Wildman–Crippen LogP) is 2.36. The molecule has 0 aliphatic heterocycles. The second-order valence-corrected chi connectivity index (χ2v) is 7.14. The maximum Gasteiger partial charge on any atom is 0.179 e. The number of hydrogen-bond donors (Lipinski definition) is 3. The largest absolute Gasteiger partial charge is 0.382 e. The molecule has 0 spiro atoms. The van der Waals surface area contributed by atoms with Gasteiger partial charge in [-0.3, -0.25) is 4.40 Å². The molecule has 1 saturated carbocycles. The lowest BCUT2D eigenvalue weighted by Crippen LogP contribution is -2.17. The molecule has 9 heteroatoms. The summed E-state index contributed by atoms with van der Waals surface area (Å²) in [6, 6.07) is 2.34. The zero-order valence-corrected chi connectivity index (χ0v) is 15.0. The second kappa shape index (κ2) is 6.19. The highest BCUT2D eigenvalue weighted by molar-refractivity contribution is 5.74. The lowest BCUT2D eigenvalue weighted by atomic mass is 9.93. The van der Waals surface area contributed by atoms with E-state index >= 15 is 0 Å². The number of aromatic amines is 1. The minimum absolute atomic E-state index is 0.314. The van der Waals surface area contributed by atoms with Crippen LogP contribution < -0.4 is 11.1 Å². The third-order valence-electron chi connectivity index (χ3n) is 5.54. The van der Waals surface area contributed by atoms with Crippen molar-refractivity contribution in [1.82, 2.24) is 34.5 Å². The Hall–Kier alpha value is -3.23. The van der Waals surface area contributed by atoms with Gasteiger partial charge in [-0.15, -0.1) is 10.2 Å². The Kier molecular flexibility index (Phi) is 3.66. The van der Waals surface area contributed by atoms with Crippen LogP contribution in [0.3, 0.4) is 0 Å². The second-order valence-electron chi connectivity index (χ2n) is 7.14. The van der Waals surface area contributed by atoms with Crippen molar-refractivity contribution in [3.63, 3.8) is 0 Å². The van der Waals surface area contributed by atoms with Gasteiger partial charge in [0.15, 0.2) is 11.3 Å².